The third kappa shape index (κ3) is 2.48. The van der Waals surface area contributed by atoms with E-state index in [9.17, 15) is 0 Å². The SMILES string of the molecule is NC(Cc1ccc2ccccc2c1)c1cc2sccc2s1. The lowest BCUT2D eigenvalue weighted by atomic mass is 10.0. The van der Waals surface area contributed by atoms with Gasteiger partial charge in [0.25, 0.3) is 0 Å². The molecule has 0 aliphatic carbocycles. The minimum Gasteiger partial charge on any atom is -0.323 e. The zero-order valence-corrected chi connectivity index (χ0v) is 13.1. The van der Waals surface area contributed by atoms with E-state index in [4.69, 9.17) is 5.73 Å². The predicted octanol–water partition coefficient (Wildman–Crippen LogP) is 5.36. The average molecular weight is 309 g/mol. The van der Waals surface area contributed by atoms with Gasteiger partial charge in [-0.3, -0.25) is 0 Å². The molecule has 4 rings (SSSR count). The van der Waals surface area contributed by atoms with Crippen molar-refractivity contribution in [2.24, 2.45) is 5.73 Å². The van der Waals surface area contributed by atoms with E-state index >= 15 is 0 Å². The molecule has 2 N–H and O–H groups in total. The molecular weight excluding hydrogens is 294 g/mol. The summed E-state index contributed by atoms with van der Waals surface area (Å²) in [5.41, 5.74) is 7.71. The standard InChI is InChI=1S/C18H15NS2/c19-15(17-11-18-16(21-17)7-8-20-18)10-12-5-6-13-3-1-2-4-14(13)9-12/h1-9,11,15H,10,19H2. The summed E-state index contributed by atoms with van der Waals surface area (Å²) in [6, 6.07) is 19.6. The Balaban J connectivity index is 1.62. The minimum absolute atomic E-state index is 0.0794. The van der Waals surface area contributed by atoms with E-state index in [1.54, 1.807) is 11.3 Å². The lowest BCUT2D eigenvalue weighted by Gasteiger charge is -2.10. The summed E-state index contributed by atoms with van der Waals surface area (Å²) in [7, 11) is 0. The molecule has 0 spiro atoms. The highest BCUT2D eigenvalue weighted by Crippen LogP contribution is 2.33. The largest absolute Gasteiger partial charge is 0.323 e. The number of benzene rings is 2. The van der Waals surface area contributed by atoms with Gasteiger partial charge < -0.3 is 5.73 Å². The van der Waals surface area contributed by atoms with Crippen LogP contribution in [-0.2, 0) is 6.42 Å². The molecule has 21 heavy (non-hydrogen) atoms. The van der Waals surface area contributed by atoms with E-state index in [0.29, 0.717) is 0 Å². The van der Waals surface area contributed by atoms with Crippen molar-refractivity contribution in [2.75, 3.05) is 0 Å². The molecule has 2 heterocycles. The number of nitrogens with two attached hydrogens (primary N) is 1. The minimum atomic E-state index is 0.0794. The Labute approximate surface area is 131 Å². The van der Waals surface area contributed by atoms with Crippen LogP contribution >= 0.6 is 22.7 Å². The first-order valence-corrected chi connectivity index (χ1v) is 8.69. The van der Waals surface area contributed by atoms with Crippen LogP contribution in [0.2, 0.25) is 0 Å². The topological polar surface area (TPSA) is 26.0 Å². The van der Waals surface area contributed by atoms with Gasteiger partial charge in [0.2, 0.25) is 0 Å². The van der Waals surface area contributed by atoms with Gasteiger partial charge >= 0.3 is 0 Å². The molecule has 0 aliphatic rings. The number of hydrogen-bond donors (Lipinski definition) is 1. The Morgan fingerprint density at radius 1 is 0.905 bits per heavy atom. The maximum Gasteiger partial charge on any atom is 0.0454 e. The molecule has 2 aromatic heterocycles. The van der Waals surface area contributed by atoms with Crippen molar-refractivity contribution in [1.29, 1.82) is 0 Å². The molecule has 0 saturated carbocycles. The second-order valence-electron chi connectivity index (χ2n) is 5.29. The zero-order valence-electron chi connectivity index (χ0n) is 11.5. The first kappa shape index (κ1) is 13.0. The lowest BCUT2D eigenvalue weighted by molar-refractivity contribution is 0.738. The van der Waals surface area contributed by atoms with Crippen molar-refractivity contribution in [1.82, 2.24) is 0 Å². The summed E-state index contributed by atoms with van der Waals surface area (Å²) in [4.78, 5) is 1.28. The summed E-state index contributed by atoms with van der Waals surface area (Å²) < 4.78 is 2.70. The van der Waals surface area contributed by atoms with Crippen LogP contribution < -0.4 is 5.73 Å². The molecule has 0 bridgehead atoms. The van der Waals surface area contributed by atoms with E-state index < -0.39 is 0 Å². The van der Waals surface area contributed by atoms with E-state index in [1.807, 2.05) is 11.3 Å². The molecule has 1 atom stereocenters. The van der Waals surface area contributed by atoms with Gasteiger partial charge in [-0.1, -0.05) is 42.5 Å². The third-order valence-corrected chi connectivity index (χ3v) is 6.02. The van der Waals surface area contributed by atoms with Crippen molar-refractivity contribution in [3.63, 3.8) is 0 Å². The molecule has 0 fully saturated rings. The van der Waals surface area contributed by atoms with Crippen LogP contribution in [0.5, 0.6) is 0 Å². The molecule has 0 amide bonds. The molecule has 1 unspecified atom stereocenters. The molecule has 1 nitrogen and oxygen atoms in total. The van der Waals surface area contributed by atoms with Gasteiger partial charge in [0.15, 0.2) is 0 Å². The predicted molar refractivity (Wildman–Crippen MR) is 94.3 cm³/mol. The fourth-order valence-electron chi connectivity index (χ4n) is 2.69. The van der Waals surface area contributed by atoms with Crippen LogP contribution in [0.1, 0.15) is 16.5 Å². The molecule has 4 aromatic rings. The Morgan fingerprint density at radius 2 is 1.76 bits per heavy atom. The number of hydrogen-bond acceptors (Lipinski definition) is 3. The second-order valence-corrected chi connectivity index (χ2v) is 7.35. The van der Waals surface area contributed by atoms with Crippen LogP contribution in [0.3, 0.4) is 0 Å². The van der Waals surface area contributed by atoms with Gasteiger partial charge in [-0.2, -0.15) is 0 Å². The van der Waals surface area contributed by atoms with Crippen molar-refractivity contribution in [3.8, 4) is 0 Å². The fourth-order valence-corrected chi connectivity index (χ4v) is 4.81. The Morgan fingerprint density at radius 3 is 2.62 bits per heavy atom. The highest BCUT2D eigenvalue weighted by molar-refractivity contribution is 7.26. The lowest BCUT2D eigenvalue weighted by Crippen LogP contribution is -2.11. The van der Waals surface area contributed by atoms with Gasteiger partial charge in [-0.25, -0.2) is 0 Å². The van der Waals surface area contributed by atoms with E-state index in [-0.39, 0.29) is 6.04 Å². The molecule has 2 aromatic carbocycles. The summed E-state index contributed by atoms with van der Waals surface area (Å²) in [6.45, 7) is 0. The second kappa shape index (κ2) is 5.26. The summed E-state index contributed by atoms with van der Waals surface area (Å²) >= 11 is 3.61. The molecule has 104 valence electrons. The molecule has 0 saturated heterocycles. The molecule has 3 heteroatoms. The molecular formula is C18H15NS2. The van der Waals surface area contributed by atoms with Crippen LogP contribution in [0.4, 0.5) is 0 Å². The van der Waals surface area contributed by atoms with Crippen molar-refractivity contribution >= 4 is 42.8 Å². The van der Waals surface area contributed by atoms with Crippen molar-refractivity contribution in [2.45, 2.75) is 12.5 Å². The Bertz CT molecular complexity index is 875. The summed E-state index contributed by atoms with van der Waals surface area (Å²) in [5.74, 6) is 0. The fraction of sp³-hybridized carbons (Fsp3) is 0.111. The number of fused-ring (bicyclic) bond motifs is 2. The van der Waals surface area contributed by atoms with E-state index in [0.717, 1.165) is 6.42 Å². The van der Waals surface area contributed by atoms with Crippen LogP contribution in [0, 0.1) is 0 Å². The molecule has 0 radical (unpaired) electrons. The zero-order chi connectivity index (χ0) is 14.2. The summed E-state index contributed by atoms with van der Waals surface area (Å²) in [6.07, 6.45) is 0.888. The van der Waals surface area contributed by atoms with Gasteiger partial charge in [0.05, 0.1) is 0 Å². The monoisotopic (exact) mass is 309 g/mol. The van der Waals surface area contributed by atoms with Gasteiger partial charge in [0.1, 0.15) is 0 Å². The van der Waals surface area contributed by atoms with E-state index in [2.05, 4.69) is 60.0 Å². The third-order valence-electron chi connectivity index (χ3n) is 3.79. The maximum absolute atomic E-state index is 6.41. The molecule has 0 aliphatic heterocycles. The summed E-state index contributed by atoms with van der Waals surface area (Å²) in [5, 5.41) is 4.71. The Kier molecular flexibility index (Phi) is 3.26. The average Bonchev–Trinajstić information content (AvgIpc) is 3.08. The first-order valence-electron chi connectivity index (χ1n) is 7.00. The van der Waals surface area contributed by atoms with Crippen LogP contribution in [0.15, 0.2) is 60.0 Å². The van der Waals surface area contributed by atoms with Crippen molar-refractivity contribution in [3.05, 3.63) is 70.4 Å². The number of rotatable bonds is 3. The van der Waals surface area contributed by atoms with Gasteiger partial charge in [-0.15, -0.1) is 22.7 Å². The normalized spacial score (nSPS) is 13.0. The van der Waals surface area contributed by atoms with Crippen LogP contribution in [0.25, 0.3) is 20.2 Å². The Hall–Kier alpha value is -1.68. The highest BCUT2D eigenvalue weighted by atomic mass is 32.1. The van der Waals surface area contributed by atoms with Crippen molar-refractivity contribution < 1.29 is 0 Å². The highest BCUT2D eigenvalue weighted by Gasteiger charge is 2.12. The van der Waals surface area contributed by atoms with E-state index in [1.165, 1.54) is 30.6 Å². The quantitative estimate of drug-likeness (QED) is 0.542. The number of thiophene rings is 2. The maximum atomic E-state index is 6.41. The van der Waals surface area contributed by atoms with Crippen LogP contribution in [-0.4, -0.2) is 0 Å². The first-order chi connectivity index (χ1) is 10.3. The van der Waals surface area contributed by atoms with Gasteiger partial charge in [0, 0.05) is 20.3 Å². The van der Waals surface area contributed by atoms with Gasteiger partial charge in [-0.05, 0) is 40.3 Å². The smallest absolute Gasteiger partial charge is 0.0454 e.